The number of anilines is 1. The zero-order chi connectivity index (χ0) is 18.5. The molecule has 6 heteroatoms. The van der Waals surface area contributed by atoms with Crippen molar-refractivity contribution in [1.82, 2.24) is 19.8 Å². The fourth-order valence-corrected chi connectivity index (χ4v) is 3.36. The molecule has 2 aromatic rings. The van der Waals surface area contributed by atoms with Crippen LogP contribution in [0.2, 0.25) is 0 Å². The maximum absolute atomic E-state index is 12.6. The second-order valence-electron chi connectivity index (χ2n) is 6.97. The minimum atomic E-state index is 0.185. The van der Waals surface area contributed by atoms with Crippen molar-refractivity contribution in [3.8, 4) is 0 Å². The van der Waals surface area contributed by atoms with E-state index in [2.05, 4.69) is 27.0 Å². The topological polar surface area (TPSA) is 52.6 Å². The summed E-state index contributed by atoms with van der Waals surface area (Å²) >= 11 is 0. The zero-order valence-corrected chi connectivity index (χ0v) is 15.9. The van der Waals surface area contributed by atoms with E-state index in [-0.39, 0.29) is 5.91 Å². The zero-order valence-electron chi connectivity index (χ0n) is 15.9. The maximum Gasteiger partial charge on any atom is 0.236 e. The number of likely N-dealkylation sites (N-methyl/N-ethyl adjacent to an activating group) is 1. The van der Waals surface area contributed by atoms with Gasteiger partial charge in [-0.1, -0.05) is 6.07 Å². The van der Waals surface area contributed by atoms with Crippen LogP contribution in [0.1, 0.15) is 17.1 Å². The van der Waals surface area contributed by atoms with E-state index in [9.17, 15) is 4.79 Å². The van der Waals surface area contributed by atoms with Crippen LogP contribution in [0, 0.1) is 13.8 Å². The lowest BCUT2D eigenvalue weighted by Crippen LogP contribution is -2.51. The molecule has 0 aliphatic carbocycles. The van der Waals surface area contributed by atoms with E-state index in [0.29, 0.717) is 13.1 Å². The number of piperazine rings is 1. The first-order valence-corrected chi connectivity index (χ1v) is 9.08. The molecule has 0 bridgehead atoms. The number of hydrogen-bond donors (Lipinski definition) is 0. The standard InChI is InChI=1S/C20H27N5O/c1-16-12-19(13-17(2)22-16)24-8-10-25(11-9-24)20(26)15-23(3)14-18-6-4-5-7-21-18/h4-7,12-13H,8-11,14-15H2,1-3H3. The van der Waals surface area contributed by atoms with Crippen LogP contribution in [-0.2, 0) is 11.3 Å². The SMILES string of the molecule is Cc1cc(N2CCN(C(=O)CN(C)Cc3ccccn3)CC2)cc(C)n1. The molecule has 1 aliphatic rings. The van der Waals surface area contributed by atoms with Crippen LogP contribution in [0.4, 0.5) is 5.69 Å². The average Bonchev–Trinajstić information content (AvgIpc) is 2.61. The summed E-state index contributed by atoms with van der Waals surface area (Å²) in [4.78, 5) is 27.7. The highest BCUT2D eigenvalue weighted by molar-refractivity contribution is 5.78. The van der Waals surface area contributed by atoms with Gasteiger partial charge in [-0.2, -0.15) is 0 Å². The lowest BCUT2D eigenvalue weighted by atomic mass is 10.2. The molecule has 3 heterocycles. The number of pyridine rings is 2. The molecule has 1 amide bonds. The van der Waals surface area contributed by atoms with E-state index in [1.807, 2.05) is 48.9 Å². The van der Waals surface area contributed by atoms with Gasteiger partial charge in [0.15, 0.2) is 0 Å². The van der Waals surface area contributed by atoms with Crippen LogP contribution in [0.5, 0.6) is 0 Å². The molecule has 0 radical (unpaired) electrons. The van der Waals surface area contributed by atoms with Crippen molar-refractivity contribution in [2.75, 3.05) is 44.7 Å². The third kappa shape index (κ3) is 4.79. The van der Waals surface area contributed by atoms with E-state index >= 15 is 0 Å². The highest BCUT2D eigenvalue weighted by Crippen LogP contribution is 2.18. The summed E-state index contributed by atoms with van der Waals surface area (Å²) in [6, 6.07) is 10.1. The van der Waals surface area contributed by atoms with E-state index in [1.54, 1.807) is 6.20 Å². The molecule has 0 aromatic carbocycles. The smallest absolute Gasteiger partial charge is 0.236 e. The highest BCUT2D eigenvalue weighted by atomic mass is 16.2. The van der Waals surface area contributed by atoms with Gasteiger partial charge < -0.3 is 9.80 Å². The number of carbonyl (C=O) groups is 1. The van der Waals surface area contributed by atoms with Crippen LogP contribution < -0.4 is 4.90 Å². The van der Waals surface area contributed by atoms with Gasteiger partial charge in [-0.25, -0.2) is 0 Å². The third-order valence-corrected chi connectivity index (χ3v) is 4.63. The van der Waals surface area contributed by atoms with Crippen molar-refractivity contribution < 1.29 is 4.79 Å². The molecular formula is C20H27N5O. The number of carbonyl (C=O) groups excluding carboxylic acids is 1. The molecule has 1 fully saturated rings. The van der Waals surface area contributed by atoms with E-state index in [1.165, 1.54) is 5.69 Å². The van der Waals surface area contributed by atoms with E-state index < -0.39 is 0 Å². The van der Waals surface area contributed by atoms with Crippen LogP contribution in [0.3, 0.4) is 0 Å². The first kappa shape index (κ1) is 18.3. The Labute approximate surface area is 155 Å². The molecule has 3 rings (SSSR count). The van der Waals surface area contributed by atoms with Crippen LogP contribution in [0.15, 0.2) is 36.5 Å². The second-order valence-corrected chi connectivity index (χ2v) is 6.97. The van der Waals surface area contributed by atoms with Crippen molar-refractivity contribution in [1.29, 1.82) is 0 Å². The summed E-state index contributed by atoms with van der Waals surface area (Å²) in [5, 5.41) is 0. The Kier molecular flexibility index (Phi) is 5.83. The number of nitrogens with zero attached hydrogens (tertiary/aromatic N) is 5. The largest absolute Gasteiger partial charge is 0.368 e. The monoisotopic (exact) mass is 353 g/mol. The van der Waals surface area contributed by atoms with Gasteiger partial charge in [0.05, 0.1) is 12.2 Å². The molecule has 6 nitrogen and oxygen atoms in total. The van der Waals surface area contributed by atoms with Gasteiger partial charge in [0, 0.05) is 56.0 Å². The third-order valence-electron chi connectivity index (χ3n) is 4.63. The Hall–Kier alpha value is -2.47. The first-order valence-electron chi connectivity index (χ1n) is 9.08. The Morgan fingerprint density at radius 3 is 2.42 bits per heavy atom. The molecule has 0 spiro atoms. The van der Waals surface area contributed by atoms with Crippen LogP contribution in [0.25, 0.3) is 0 Å². The molecule has 0 saturated carbocycles. The molecule has 0 unspecified atom stereocenters. The van der Waals surface area contributed by atoms with Gasteiger partial charge in [-0.3, -0.25) is 19.7 Å². The summed E-state index contributed by atoms with van der Waals surface area (Å²) < 4.78 is 0. The predicted molar refractivity (Wildman–Crippen MR) is 103 cm³/mol. The average molecular weight is 353 g/mol. The molecule has 138 valence electrons. The highest BCUT2D eigenvalue weighted by Gasteiger charge is 2.22. The number of hydrogen-bond acceptors (Lipinski definition) is 5. The summed E-state index contributed by atoms with van der Waals surface area (Å²) in [6.45, 7) is 8.39. The second kappa shape index (κ2) is 8.27. The summed E-state index contributed by atoms with van der Waals surface area (Å²) in [5.74, 6) is 0.185. The normalized spacial score (nSPS) is 14.8. The number of aryl methyl sites for hydroxylation is 2. The molecular weight excluding hydrogens is 326 g/mol. The van der Waals surface area contributed by atoms with Gasteiger partial charge in [-0.15, -0.1) is 0 Å². The summed E-state index contributed by atoms with van der Waals surface area (Å²) in [7, 11) is 1.96. The Balaban J connectivity index is 1.50. The number of aromatic nitrogens is 2. The minimum Gasteiger partial charge on any atom is -0.368 e. The Morgan fingerprint density at radius 2 is 1.81 bits per heavy atom. The van der Waals surface area contributed by atoms with Crippen molar-refractivity contribution in [3.63, 3.8) is 0 Å². The van der Waals surface area contributed by atoms with Gasteiger partial charge in [0.2, 0.25) is 5.91 Å². The van der Waals surface area contributed by atoms with Gasteiger partial charge >= 0.3 is 0 Å². The van der Waals surface area contributed by atoms with Crippen molar-refractivity contribution in [2.45, 2.75) is 20.4 Å². The fourth-order valence-electron chi connectivity index (χ4n) is 3.36. The molecule has 26 heavy (non-hydrogen) atoms. The summed E-state index contributed by atoms with van der Waals surface area (Å²) in [6.07, 6.45) is 1.78. The van der Waals surface area contributed by atoms with Gasteiger partial charge in [-0.05, 0) is 45.2 Å². The summed E-state index contributed by atoms with van der Waals surface area (Å²) in [5.41, 5.74) is 4.26. The molecule has 1 saturated heterocycles. The van der Waals surface area contributed by atoms with E-state index in [0.717, 1.165) is 43.3 Å². The molecule has 0 atom stereocenters. The molecule has 2 aromatic heterocycles. The quantitative estimate of drug-likeness (QED) is 0.821. The number of amides is 1. The van der Waals surface area contributed by atoms with E-state index in [4.69, 9.17) is 0 Å². The maximum atomic E-state index is 12.6. The lowest BCUT2D eigenvalue weighted by Gasteiger charge is -2.37. The van der Waals surface area contributed by atoms with Crippen LogP contribution in [-0.4, -0.2) is 65.4 Å². The first-order chi connectivity index (χ1) is 12.5. The molecule has 0 N–H and O–H groups in total. The fraction of sp³-hybridized carbons (Fsp3) is 0.450. The lowest BCUT2D eigenvalue weighted by molar-refractivity contribution is -0.132. The molecule has 1 aliphatic heterocycles. The van der Waals surface area contributed by atoms with Gasteiger partial charge in [0.25, 0.3) is 0 Å². The minimum absolute atomic E-state index is 0.185. The predicted octanol–water partition coefficient (Wildman–Crippen LogP) is 1.87. The van der Waals surface area contributed by atoms with Crippen molar-refractivity contribution in [2.24, 2.45) is 0 Å². The van der Waals surface area contributed by atoms with Crippen molar-refractivity contribution >= 4 is 11.6 Å². The van der Waals surface area contributed by atoms with Crippen LogP contribution >= 0.6 is 0 Å². The van der Waals surface area contributed by atoms with Gasteiger partial charge in [0.1, 0.15) is 0 Å². The number of rotatable bonds is 5. The Morgan fingerprint density at radius 1 is 1.12 bits per heavy atom. The Bertz CT molecular complexity index is 721. The van der Waals surface area contributed by atoms with Crippen molar-refractivity contribution in [3.05, 3.63) is 53.6 Å².